The van der Waals surface area contributed by atoms with Crippen molar-refractivity contribution in [1.29, 1.82) is 0 Å². The summed E-state index contributed by atoms with van der Waals surface area (Å²) in [5.74, 6) is -0.507. The number of aryl methyl sites for hydroxylation is 3. The van der Waals surface area contributed by atoms with Crippen molar-refractivity contribution in [3.05, 3.63) is 64.6 Å². The van der Waals surface area contributed by atoms with Crippen molar-refractivity contribution in [1.82, 2.24) is 9.38 Å². The predicted octanol–water partition coefficient (Wildman–Crippen LogP) is 4.53. The maximum atomic E-state index is 13.0. The second-order valence-electron chi connectivity index (χ2n) is 5.94. The van der Waals surface area contributed by atoms with Gasteiger partial charge < -0.3 is 5.32 Å². The molecule has 3 aromatic rings. The second-order valence-corrected chi connectivity index (χ2v) is 5.94. The van der Waals surface area contributed by atoms with Gasteiger partial charge in [-0.2, -0.15) is 13.2 Å². The first-order valence-electron chi connectivity index (χ1n) is 7.61. The topological polar surface area (TPSA) is 46.4 Å². The Morgan fingerprint density at radius 3 is 2.44 bits per heavy atom. The van der Waals surface area contributed by atoms with Gasteiger partial charge in [-0.3, -0.25) is 9.20 Å². The first kappa shape index (κ1) is 17.0. The number of carbonyl (C=O) groups excluding carboxylic acids is 1. The zero-order valence-corrected chi connectivity index (χ0v) is 13.9. The lowest BCUT2D eigenvalue weighted by Gasteiger charge is -2.10. The molecule has 0 spiro atoms. The summed E-state index contributed by atoms with van der Waals surface area (Å²) in [7, 11) is 0. The number of halogens is 3. The summed E-state index contributed by atoms with van der Waals surface area (Å²) in [6, 6.07) is 7.64. The van der Waals surface area contributed by atoms with Crippen molar-refractivity contribution in [3.63, 3.8) is 0 Å². The van der Waals surface area contributed by atoms with Gasteiger partial charge in [-0.25, -0.2) is 4.98 Å². The lowest BCUT2D eigenvalue weighted by atomic mass is 10.1. The monoisotopic (exact) mass is 347 g/mol. The standard InChI is InChI=1S/C18H16F3N3O/c1-10-4-6-14(8-11(10)2)23-17(25)16-12(3)22-15-7-5-13(9-24(15)16)18(19,20)21/h4-9H,1-3H3,(H,23,25). The van der Waals surface area contributed by atoms with Crippen molar-refractivity contribution in [2.45, 2.75) is 26.9 Å². The van der Waals surface area contributed by atoms with E-state index in [0.717, 1.165) is 23.4 Å². The molecule has 0 saturated carbocycles. The molecule has 0 unspecified atom stereocenters. The SMILES string of the molecule is Cc1ccc(NC(=O)c2c(C)nc3ccc(C(F)(F)F)cn23)cc1C. The van der Waals surface area contributed by atoms with Gasteiger partial charge in [-0.05, 0) is 56.2 Å². The van der Waals surface area contributed by atoms with Crippen LogP contribution in [-0.2, 0) is 6.18 Å². The van der Waals surface area contributed by atoms with Gasteiger partial charge >= 0.3 is 6.18 Å². The van der Waals surface area contributed by atoms with E-state index in [1.165, 1.54) is 10.5 Å². The molecule has 1 amide bonds. The highest BCUT2D eigenvalue weighted by Gasteiger charge is 2.31. The number of hydrogen-bond donors (Lipinski definition) is 1. The number of rotatable bonds is 2. The minimum Gasteiger partial charge on any atom is -0.321 e. The number of nitrogens with one attached hydrogen (secondary N) is 1. The van der Waals surface area contributed by atoms with E-state index in [1.54, 1.807) is 13.0 Å². The first-order valence-corrected chi connectivity index (χ1v) is 7.61. The molecule has 4 nitrogen and oxygen atoms in total. The highest BCUT2D eigenvalue weighted by atomic mass is 19.4. The van der Waals surface area contributed by atoms with E-state index < -0.39 is 17.6 Å². The normalized spacial score (nSPS) is 11.8. The molecule has 0 saturated heterocycles. The van der Waals surface area contributed by atoms with Crippen LogP contribution in [0.25, 0.3) is 5.65 Å². The number of nitrogens with zero attached hydrogens (tertiary/aromatic N) is 2. The average Bonchev–Trinajstić information content (AvgIpc) is 2.85. The van der Waals surface area contributed by atoms with Gasteiger partial charge in [-0.1, -0.05) is 6.07 Å². The lowest BCUT2D eigenvalue weighted by Crippen LogP contribution is -2.16. The minimum absolute atomic E-state index is 0.0827. The molecule has 0 atom stereocenters. The van der Waals surface area contributed by atoms with Gasteiger partial charge in [0.05, 0.1) is 11.3 Å². The molecule has 2 heterocycles. The van der Waals surface area contributed by atoms with Crippen LogP contribution in [0.1, 0.15) is 32.9 Å². The number of fused-ring (bicyclic) bond motifs is 1. The van der Waals surface area contributed by atoms with E-state index in [1.807, 2.05) is 26.0 Å². The first-order chi connectivity index (χ1) is 11.7. The smallest absolute Gasteiger partial charge is 0.321 e. The number of carbonyl (C=O) groups is 1. The number of alkyl halides is 3. The van der Waals surface area contributed by atoms with Crippen LogP contribution in [0.15, 0.2) is 36.5 Å². The van der Waals surface area contributed by atoms with Crippen molar-refractivity contribution < 1.29 is 18.0 Å². The van der Waals surface area contributed by atoms with Crippen LogP contribution in [0.3, 0.4) is 0 Å². The third kappa shape index (κ3) is 3.22. The molecule has 1 N–H and O–H groups in total. The Hall–Kier alpha value is -2.83. The molecule has 0 aliphatic rings. The maximum Gasteiger partial charge on any atom is 0.417 e. The minimum atomic E-state index is -4.49. The summed E-state index contributed by atoms with van der Waals surface area (Å²) >= 11 is 0. The van der Waals surface area contributed by atoms with Crippen molar-refractivity contribution in [2.75, 3.05) is 5.32 Å². The van der Waals surface area contributed by atoms with Gasteiger partial charge in [0.1, 0.15) is 11.3 Å². The van der Waals surface area contributed by atoms with Crippen molar-refractivity contribution in [3.8, 4) is 0 Å². The number of aromatic nitrogens is 2. The molecule has 3 rings (SSSR count). The van der Waals surface area contributed by atoms with E-state index in [2.05, 4.69) is 10.3 Å². The average molecular weight is 347 g/mol. The Morgan fingerprint density at radius 2 is 1.80 bits per heavy atom. The molecule has 25 heavy (non-hydrogen) atoms. The molecule has 0 aliphatic heterocycles. The van der Waals surface area contributed by atoms with Gasteiger partial charge in [0, 0.05) is 11.9 Å². The van der Waals surface area contributed by atoms with E-state index in [-0.39, 0.29) is 11.3 Å². The van der Waals surface area contributed by atoms with Crippen molar-refractivity contribution in [2.24, 2.45) is 0 Å². The number of imidazole rings is 1. The quantitative estimate of drug-likeness (QED) is 0.740. The molecule has 7 heteroatoms. The number of pyridine rings is 1. The Labute approximate surface area is 142 Å². The van der Waals surface area contributed by atoms with Crippen LogP contribution < -0.4 is 5.32 Å². The highest BCUT2D eigenvalue weighted by Crippen LogP contribution is 2.30. The molecular weight excluding hydrogens is 331 g/mol. The zero-order valence-electron chi connectivity index (χ0n) is 13.9. The fourth-order valence-corrected chi connectivity index (χ4v) is 2.61. The van der Waals surface area contributed by atoms with E-state index >= 15 is 0 Å². The van der Waals surface area contributed by atoms with Gasteiger partial charge in [0.25, 0.3) is 5.91 Å². The molecular formula is C18H16F3N3O. The summed E-state index contributed by atoms with van der Waals surface area (Å²) < 4.78 is 40.0. The van der Waals surface area contributed by atoms with Gasteiger partial charge in [-0.15, -0.1) is 0 Å². The molecule has 130 valence electrons. The van der Waals surface area contributed by atoms with E-state index in [9.17, 15) is 18.0 Å². The third-order valence-corrected chi connectivity index (χ3v) is 4.10. The number of anilines is 1. The van der Waals surface area contributed by atoms with Gasteiger partial charge in [0.2, 0.25) is 0 Å². The summed E-state index contributed by atoms with van der Waals surface area (Å²) in [4.78, 5) is 16.8. The predicted molar refractivity (Wildman–Crippen MR) is 88.8 cm³/mol. The number of benzene rings is 1. The molecule has 0 aliphatic carbocycles. The number of amides is 1. The van der Waals surface area contributed by atoms with E-state index in [4.69, 9.17) is 0 Å². The summed E-state index contributed by atoms with van der Waals surface area (Å²) in [5, 5.41) is 2.72. The Morgan fingerprint density at radius 1 is 1.08 bits per heavy atom. The zero-order chi connectivity index (χ0) is 18.4. The molecule has 0 radical (unpaired) electrons. The van der Waals surface area contributed by atoms with Crippen LogP contribution >= 0.6 is 0 Å². The van der Waals surface area contributed by atoms with Gasteiger partial charge in [0.15, 0.2) is 0 Å². The third-order valence-electron chi connectivity index (χ3n) is 4.10. The Bertz CT molecular complexity index is 974. The second kappa shape index (κ2) is 5.91. The van der Waals surface area contributed by atoms with E-state index in [0.29, 0.717) is 11.4 Å². The van der Waals surface area contributed by atoms with Crippen LogP contribution in [-0.4, -0.2) is 15.3 Å². The summed E-state index contributed by atoms with van der Waals surface area (Å²) in [6.45, 7) is 5.46. The van der Waals surface area contributed by atoms with Crippen LogP contribution in [0.5, 0.6) is 0 Å². The van der Waals surface area contributed by atoms with Crippen LogP contribution in [0, 0.1) is 20.8 Å². The summed E-state index contributed by atoms with van der Waals surface area (Å²) in [6.07, 6.45) is -3.60. The molecule has 0 bridgehead atoms. The largest absolute Gasteiger partial charge is 0.417 e. The molecule has 1 aromatic carbocycles. The molecule has 0 fully saturated rings. The Kier molecular flexibility index (Phi) is 4.02. The molecule has 2 aromatic heterocycles. The summed E-state index contributed by atoms with van der Waals surface area (Å²) in [5.41, 5.74) is 2.56. The number of hydrogen-bond acceptors (Lipinski definition) is 2. The lowest BCUT2D eigenvalue weighted by molar-refractivity contribution is -0.137. The van der Waals surface area contributed by atoms with Crippen molar-refractivity contribution >= 4 is 17.2 Å². The van der Waals surface area contributed by atoms with Crippen LogP contribution in [0.4, 0.5) is 18.9 Å². The fourth-order valence-electron chi connectivity index (χ4n) is 2.61. The fraction of sp³-hybridized carbons (Fsp3) is 0.222. The van der Waals surface area contributed by atoms with Crippen LogP contribution in [0.2, 0.25) is 0 Å². The highest BCUT2D eigenvalue weighted by molar-refractivity contribution is 6.04. The Balaban J connectivity index is 2.03. The maximum absolute atomic E-state index is 13.0.